The van der Waals surface area contributed by atoms with Crippen LogP contribution in [0.15, 0.2) is 18.2 Å². The van der Waals surface area contributed by atoms with Gasteiger partial charge in [-0.3, -0.25) is 0 Å². The molecule has 0 aliphatic carbocycles. The summed E-state index contributed by atoms with van der Waals surface area (Å²) in [7, 11) is 0. The van der Waals surface area contributed by atoms with E-state index in [1.54, 1.807) is 4.52 Å². The van der Waals surface area contributed by atoms with Crippen LogP contribution >= 0.6 is 0 Å². The van der Waals surface area contributed by atoms with Crippen LogP contribution in [0.25, 0.3) is 5.52 Å². The topological polar surface area (TPSA) is 37.5 Å². The van der Waals surface area contributed by atoms with Gasteiger partial charge in [-0.25, -0.2) is 4.52 Å². The van der Waals surface area contributed by atoms with Crippen molar-refractivity contribution in [2.75, 3.05) is 0 Å². The summed E-state index contributed by atoms with van der Waals surface area (Å²) in [6.45, 7) is 6.02. The van der Waals surface area contributed by atoms with Crippen molar-refractivity contribution in [3.63, 3.8) is 0 Å². The number of fused-ring (bicyclic) bond motifs is 1. The molecule has 0 saturated heterocycles. The number of aromatic nitrogens is 2. The molecule has 3 nitrogen and oxygen atoms in total. The van der Waals surface area contributed by atoms with Crippen LogP contribution in [-0.2, 0) is 0 Å². The van der Waals surface area contributed by atoms with Gasteiger partial charge in [0, 0.05) is 11.6 Å². The molecular formula is C11H14N2O. The van der Waals surface area contributed by atoms with Gasteiger partial charge in [-0.1, -0.05) is 19.9 Å². The van der Waals surface area contributed by atoms with Crippen molar-refractivity contribution in [2.24, 2.45) is 0 Å². The largest absolute Gasteiger partial charge is 0.504 e. The highest BCUT2D eigenvalue weighted by molar-refractivity contribution is 5.62. The standard InChI is InChI=1S/C11H14N2O/c1-7(2)10-11(14)9-6-4-5-8(3)13(9)12-10/h4-7,14H,1-3H3. The zero-order valence-electron chi connectivity index (χ0n) is 8.65. The van der Waals surface area contributed by atoms with Gasteiger partial charge in [0.1, 0.15) is 11.2 Å². The number of hydrogen-bond donors (Lipinski definition) is 1. The molecule has 0 unspecified atom stereocenters. The van der Waals surface area contributed by atoms with Crippen molar-refractivity contribution < 1.29 is 5.11 Å². The fraction of sp³-hybridized carbons (Fsp3) is 0.364. The smallest absolute Gasteiger partial charge is 0.165 e. The van der Waals surface area contributed by atoms with E-state index in [9.17, 15) is 5.11 Å². The maximum atomic E-state index is 9.90. The summed E-state index contributed by atoms with van der Waals surface area (Å²) in [6.07, 6.45) is 0. The van der Waals surface area contributed by atoms with Crippen LogP contribution in [0.1, 0.15) is 31.2 Å². The summed E-state index contributed by atoms with van der Waals surface area (Å²) in [5.41, 5.74) is 2.58. The van der Waals surface area contributed by atoms with E-state index in [1.807, 2.05) is 39.0 Å². The first-order chi connectivity index (χ1) is 6.61. The molecule has 0 atom stereocenters. The molecule has 0 aliphatic rings. The molecule has 2 heterocycles. The lowest BCUT2D eigenvalue weighted by molar-refractivity contribution is 0.470. The summed E-state index contributed by atoms with van der Waals surface area (Å²) >= 11 is 0. The fourth-order valence-corrected chi connectivity index (χ4v) is 1.60. The molecule has 14 heavy (non-hydrogen) atoms. The van der Waals surface area contributed by atoms with Crippen molar-refractivity contribution >= 4 is 5.52 Å². The summed E-state index contributed by atoms with van der Waals surface area (Å²) < 4.78 is 1.78. The maximum absolute atomic E-state index is 9.90. The molecule has 0 spiro atoms. The van der Waals surface area contributed by atoms with Gasteiger partial charge in [-0.15, -0.1) is 0 Å². The summed E-state index contributed by atoms with van der Waals surface area (Å²) in [4.78, 5) is 0. The zero-order valence-corrected chi connectivity index (χ0v) is 8.65. The third-order valence-corrected chi connectivity index (χ3v) is 2.39. The Hall–Kier alpha value is -1.51. The van der Waals surface area contributed by atoms with Crippen molar-refractivity contribution in [1.82, 2.24) is 9.61 Å². The lowest BCUT2D eigenvalue weighted by atomic mass is 10.1. The Morgan fingerprint density at radius 3 is 2.64 bits per heavy atom. The van der Waals surface area contributed by atoms with E-state index in [0.29, 0.717) is 5.75 Å². The highest BCUT2D eigenvalue weighted by Gasteiger charge is 2.14. The lowest BCUT2D eigenvalue weighted by Gasteiger charge is -1.97. The molecule has 0 amide bonds. The van der Waals surface area contributed by atoms with Crippen molar-refractivity contribution in [3.05, 3.63) is 29.6 Å². The molecule has 0 saturated carbocycles. The normalized spacial score (nSPS) is 11.4. The average molecular weight is 190 g/mol. The van der Waals surface area contributed by atoms with Crippen LogP contribution in [0.5, 0.6) is 5.75 Å². The molecule has 0 radical (unpaired) electrons. The molecule has 2 aromatic heterocycles. The second-order valence-electron chi connectivity index (χ2n) is 3.85. The maximum Gasteiger partial charge on any atom is 0.165 e. The SMILES string of the molecule is Cc1cccc2c(O)c(C(C)C)nn12. The third kappa shape index (κ3) is 1.16. The second kappa shape index (κ2) is 3.01. The zero-order chi connectivity index (χ0) is 10.3. The van der Waals surface area contributed by atoms with Gasteiger partial charge in [0.2, 0.25) is 0 Å². The lowest BCUT2D eigenvalue weighted by Crippen LogP contribution is -1.94. The summed E-state index contributed by atoms with van der Waals surface area (Å²) in [6, 6.07) is 5.78. The predicted molar refractivity (Wildman–Crippen MR) is 55.7 cm³/mol. The Labute approximate surface area is 83.0 Å². The monoisotopic (exact) mass is 190 g/mol. The summed E-state index contributed by atoms with van der Waals surface area (Å²) in [5.74, 6) is 0.554. The summed E-state index contributed by atoms with van der Waals surface area (Å²) in [5, 5.41) is 14.3. The van der Waals surface area contributed by atoms with Gasteiger partial charge in [-0.05, 0) is 19.1 Å². The Morgan fingerprint density at radius 1 is 1.36 bits per heavy atom. The molecule has 2 aromatic rings. The molecular weight excluding hydrogens is 176 g/mol. The molecule has 0 fully saturated rings. The Kier molecular flexibility index (Phi) is 1.95. The van der Waals surface area contributed by atoms with Crippen molar-refractivity contribution in [1.29, 1.82) is 0 Å². The molecule has 1 N–H and O–H groups in total. The van der Waals surface area contributed by atoms with Gasteiger partial charge >= 0.3 is 0 Å². The van der Waals surface area contributed by atoms with E-state index in [0.717, 1.165) is 16.9 Å². The molecule has 3 heteroatoms. The van der Waals surface area contributed by atoms with Crippen LogP contribution in [0.4, 0.5) is 0 Å². The number of rotatable bonds is 1. The number of nitrogens with zero attached hydrogens (tertiary/aromatic N) is 2. The molecule has 2 rings (SSSR count). The Bertz CT molecular complexity index is 471. The number of pyridine rings is 1. The molecule has 0 aliphatic heterocycles. The fourth-order valence-electron chi connectivity index (χ4n) is 1.60. The van der Waals surface area contributed by atoms with Gasteiger partial charge in [0.05, 0.1) is 0 Å². The van der Waals surface area contributed by atoms with Crippen LogP contribution in [0.3, 0.4) is 0 Å². The number of aryl methyl sites for hydroxylation is 1. The van der Waals surface area contributed by atoms with Crippen molar-refractivity contribution in [3.8, 4) is 5.75 Å². The van der Waals surface area contributed by atoms with Gasteiger partial charge in [0.25, 0.3) is 0 Å². The molecule has 0 aromatic carbocycles. The highest BCUT2D eigenvalue weighted by atomic mass is 16.3. The van der Waals surface area contributed by atoms with E-state index < -0.39 is 0 Å². The first-order valence-electron chi connectivity index (χ1n) is 4.78. The Balaban J connectivity index is 2.80. The second-order valence-corrected chi connectivity index (χ2v) is 3.85. The molecule has 74 valence electrons. The first-order valence-corrected chi connectivity index (χ1v) is 4.78. The quantitative estimate of drug-likeness (QED) is 0.750. The molecule has 0 bridgehead atoms. The van der Waals surface area contributed by atoms with E-state index in [4.69, 9.17) is 0 Å². The van der Waals surface area contributed by atoms with Crippen molar-refractivity contribution in [2.45, 2.75) is 26.7 Å². The predicted octanol–water partition coefficient (Wildman–Crippen LogP) is 2.47. The van der Waals surface area contributed by atoms with Gasteiger partial charge in [0.15, 0.2) is 5.75 Å². The van der Waals surface area contributed by atoms with Crippen LogP contribution in [-0.4, -0.2) is 14.7 Å². The minimum atomic E-state index is 0.245. The van der Waals surface area contributed by atoms with Crippen LogP contribution in [0.2, 0.25) is 0 Å². The Morgan fingerprint density at radius 2 is 2.07 bits per heavy atom. The van der Waals surface area contributed by atoms with E-state index in [-0.39, 0.29) is 5.92 Å². The minimum Gasteiger partial charge on any atom is -0.504 e. The van der Waals surface area contributed by atoms with Crippen LogP contribution < -0.4 is 0 Å². The first kappa shape index (κ1) is 9.06. The average Bonchev–Trinajstić information content (AvgIpc) is 2.46. The van der Waals surface area contributed by atoms with Gasteiger partial charge < -0.3 is 5.11 Å². The number of hydrogen-bond acceptors (Lipinski definition) is 2. The number of aromatic hydroxyl groups is 1. The van der Waals surface area contributed by atoms with Crippen LogP contribution in [0, 0.1) is 6.92 Å². The highest BCUT2D eigenvalue weighted by Crippen LogP contribution is 2.29. The van der Waals surface area contributed by atoms with E-state index in [2.05, 4.69) is 5.10 Å². The van der Waals surface area contributed by atoms with Gasteiger partial charge in [-0.2, -0.15) is 5.10 Å². The van der Waals surface area contributed by atoms with E-state index in [1.165, 1.54) is 0 Å². The third-order valence-electron chi connectivity index (χ3n) is 2.39. The van der Waals surface area contributed by atoms with E-state index >= 15 is 0 Å². The minimum absolute atomic E-state index is 0.245.